The number of carbonyl (C=O) groups is 1. The zero-order chi connectivity index (χ0) is 24.9. The largest absolute Gasteiger partial charge is 0.452 e. The van der Waals surface area contributed by atoms with Crippen LogP contribution in [0.15, 0.2) is 78.5 Å². The molecule has 0 amide bonds. The summed E-state index contributed by atoms with van der Waals surface area (Å²) in [5, 5.41) is 4.41. The summed E-state index contributed by atoms with van der Waals surface area (Å²) in [6, 6.07) is 10.4. The molecule has 0 saturated heterocycles. The number of hydrogen-bond donors (Lipinski definition) is 1. The van der Waals surface area contributed by atoms with Gasteiger partial charge in [0.15, 0.2) is 17.2 Å². The minimum atomic E-state index is -0.571. The Morgan fingerprint density at radius 1 is 1.17 bits per heavy atom. The average Bonchev–Trinajstić information content (AvgIpc) is 2.85. The lowest BCUT2D eigenvalue weighted by Gasteiger charge is -2.10. The lowest BCUT2D eigenvalue weighted by Crippen LogP contribution is -2.25. The van der Waals surface area contributed by atoms with E-state index in [0.29, 0.717) is 22.7 Å². The van der Waals surface area contributed by atoms with Crippen LogP contribution in [0.3, 0.4) is 0 Å². The minimum absolute atomic E-state index is 0.171. The number of ketones is 1. The SMILES string of the molecule is C=CCn1cc(-c2ccc(F)cc2)c(=O)c(C(=O)Cc2ncc(Oc3cccc(N)c3Cl)cn2)n1. The topological polar surface area (TPSA) is 113 Å². The van der Waals surface area contributed by atoms with Gasteiger partial charge in [-0.2, -0.15) is 5.10 Å². The van der Waals surface area contributed by atoms with Crippen molar-refractivity contribution in [2.24, 2.45) is 0 Å². The van der Waals surface area contributed by atoms with Gasteiger partial charge in [-0.05, 0) is 29.8 Å². The van der Waals surface area contributed by atoms with Gasteiger partial charge in [-0.25, -0.2) is 14.4 Å². The van der Waals surface area contributed by atoms with Crippen molar-refractivity contribution in [3.8, 4) is 22.6 Å². The Bertz CT molecular complexity index is 1450. The summed E-state index contributed by atoms with van der Waals surface area (Å²) in [6.07, 6.45) is 5.58. The zero-order valence-corrected chi connectivity index (χ0v) is 19.1. The summed E-state index contributed by atoms with van der Waals surface area (Å²) in [7, 11) is 0. The van der Waals surface area contributed by atoms with Gasteiger partial charge >= 0.3 is 0 Å². The Labute approximate surface area is 204 Å². The molecule has 0 bridgehead atoms. The fourth-order valence-electron chi connectivity index (χ4n) is 3.23. The first kappa shape index (κ1) is 23.8. The lowest BCUT2D eigenvalue weighted by atomic mass is 10.0. The van der Waals surface area contributed by atoms with E-state index >= 15 is 0 Å². The summed E-state index contributed by atoms with van der Waals surface area (Å²) >= 11 is 6.13. The monoisotopic (exact) mass is 491 g/mol. The van der Waals surface area contributed by atoms with Gasteiger partial charge in [0.05, 0.1) is 31.0 Å². The number of allylic oxidation sites excluding steroid dienone is 1. The van der Waals surface area contributed by atoms with E-state index in [9.17, 15) is 14.0 Å². The van der Waals surface area contributed by atoms with E-state index in [2.05, 4.69) is 21.6 Å². The molecule has 176 valence electrons. The van der Waals surface area contributed by atoms with Crippen molar-refractivity contribution in [2.45, 2.75) is 13.0 Å². The van der Waals surface area contributed by atoms with E-state index < -0.39 is 17.0 Å². The minimum Gasteiger partial charge on any atom is -0.452 e. The molecule has 4 rings (SSSR count). The van der Waals surface area contributed by atoms with Gasteiger partial charge in [-0.3, -0.25) is 14.3 Å². The molecule has 0 aliphatic carbocycles. The van der Waals surface area contributed by atoms with Gasteiger partial charge < -0.3 is 10.5 Å². The van der Waals surface area contributed by atoms with Crippen molar-refractivity contribution >= 4 is 23.1 Å². The second-order valence-electron chi connectivity index (χ2n) is 7.43. The van der Waals surface area contributed by atoms with Crippen LogP contribution in [-0.4, -0.2) is 25.5 Å². The molecule has 0 atom stereocenters. The number of anilines is 1. The lowest BCUT2D eigenvalue weighted by molar-refractivity contribution is 0.0982. The normalized spacial score (nSPS) is 10.7. The van der Waals surface area contributed by atoms with E-state index in [1.807, 2.05) is 0 Å². The van der Waals surface area contributed by atoms with Gasteiger partial charge in [0.25, 0.3) is 0 Å². The number of benzene rings is 2. The number of nitrogen functional groups attached to an aromatic ring is 1. The molecule has 2 heterocycles. The molecular weight excluding hydrogens is 473 g/mol. The average molecular weight is 492 g/mol. The van der Waals surface area contributed by atoms with Crippen molar-refractivity contribution in [3.05, 3.63) is 106 Å². The number of rotatable bonds is 8. The van der Waals surface area contributed by atoms with Crippen molar-refractivity contribution < 1.29 is 13.9 Å². The molecule has 2 N–H and O–H groups in total. The Morgan fingerprint density at radius 2 is 1.89 bits per heavy atom. The van der Waals surface area contributed by atoms with Crippen LogP contribution in [0.1, 0.15) is 16.3 Å². The Hall–Kier alpha value is -4.37. The van der Waals surface area contributed by atoms with Crippen LogP contribution in [0.5, 0.6) is 11.5 Å². The molecule has 4 aromatic rings. The Balaban J connectivity index is 1.58. The first-order valence-corrected chi connectivity index (χ1v) is 10.8. The van der Waals surface area contributed by atoms with Gasteiger partial charge in [0.1, 0.15) is 22.4 Å². The van der Waals surface area contributed by atoms with E-state index in [1.165, 1.54) is 47.5 Å². The van der Waals surface area contributed by atoms with Crippen LogP contribution < -0.4 is 15.9 Å². The van der Waals surface area contributed by atoms with Crippen LogP contribution in [0.25, 0.3) is 11.1 Å². The third-order valence-electron chi connectivity index (χ3n) is 4.92. The summed E-state index contributed by atoms with van der Waals surface area (Å²) in [4.78, 5) is 34.3. The summed E-state index contributed by atoms with van der Waals surface area (Å²) in [5.74, 6) is -0.204. The number of carbonyl (C=O) groups excluding carboxylic acids is 1. The highest BCUT2D eigenvalue weighted by Crippen LogP contribution is 2.32. The molecule has 10 heteroatoms. The van der Waals surface area contributed by atoms with Gasteiger partial charge in [-0.15, -0.1) is 6.58 Å². The maximum atomic E-state index is 13.3. The molecule has 0 aliphatic heterocycles. The summed E-state index contributed by atoms with van der Waals surface area (Å²) < 4.78 is 20.4. The van der Waals surface area contributed by atoms with Crippen LogP contribution in [-0.2, 0) is 13.0 Å². The number of hydrogen-bond acceptors (Lipinski definition) is 7. The highest BCUT2D eigenvalue weighted by atomic mass is 35.5. The molecule has 0 spiro atoms. The fourth-order valence-corrected chi connectivity index (χ4v) is 3.39. The molecule has 2 aromatic carbocycles. The van der Waals surface area contributed by atoms with E-state index in [0.717, 1.165) is 0 Å². The van der Waals surface area contributed by atoms with Crippen LogP contribution >= 0.6 is 11.6 Å². The molecule has 8 nitrogen and oxygen atoms in total. The Kier molecular flexibility index (Phi) is 6.98. The number of halogens is 2. The van der Waals surface area contributed by atoms with Gasteiger partial charge in [0, 0.05) is 11.8 Å². The molecule has 0 unspecified atom stereocenters. The molecule has 2 aromatic heterocycles. The first-order valence-electron chi connectivity index (χ1n) is 10.4. The van der Waals surface area contributed by atoms with Gasteiger partial charge in [0.2, 0.25) is 5.43 Å². The molecule has 0 saturated carbocycles. The van der Waals surface area contributed by atoms with E-state index in [1.54, 1.807) is 24.3 Å². The third-order valence-corrected chi connectivity index (χ3v) is 5.33. The van der Waals surface area contributed by atoms with Gasteiger partial charge in [-0.1, -0.05) is 35.9 Å². The smallest absolute Gasteiger partial charge is 0.219 e. The second kappa shape index (κ2) is 10.3. The standard InChI is InChI=1S/C25H19ClFN5O3/c1-2-10-32-14-18(15-6-8-16(27)9-7-15)25(34)24(31-32)20(33)11-22-29-12-17(13-30-22)35-21-5-3-4-19(28)23(21)26/h2-9,12-14H,1,10-11,28H2. The number of nitrogens with two attached hydrogens (primary N) is 1. The molecular formula is C25H19ClFN5O3. The maximum absolute atomic E-state index is 13.3. The number of ether oxygens (including phenoxy) is 1. The molecule has 0 radical (unpaired) electrons. The van der Waals surface area contributed by atoms with Crippen molar-refractivity contribution in [2.75, 3.05) is 5.73 Å². The highest BCUT2D eigenvalue weighted by molar-refractivity contribution is 6.34. The predicted molar refractivity (Wildman–Crippen MR) is 130 cm³/mol. The fraction of sp³-hybridized carbons (Fsp3) is 0.0800. The first-order chi connectivity index (χ1) is 16.9. The molecule has 0 aliphatic rings. The Morgan fingerprint density at radius 3 is 2.57 bits per heavy atom. The van der Waals surface area contributed by atoms with E-state index in [-0.39, 0.29) is 35.1 Å². The van der Waals surface area contributed by atoms with Crippen molar-refractivity contribution in [1.82, 2.24) is 19.7 Å². The number of aromatic nitrogens is 4. The molecule has 35 heavy (non-hydrogen) atoms. The zero-order valence-electron chi connectivity index (χ0n) is 18.3. The van der Waals surface area contributed by atoms with Crippen molar-refractivity contribution in [1.29, 1.82) is 0 Å². The number of nitrogens with zero attached hydrogens (tertiary/aromatic N) is 4. The van der Waals surface area contributed by atoms with Crippen LogP contribution in [0.4, 0.5) is 10.1 Å². The predicted octanol–water partition coefficient (Wildman–Crippen LogP) is 4.48. The second-order valence-corrected chi connectivity index (χ2v) is 7.81. The maximum Gasteiger partial charge on any atom is 0.219 e. The van der Waals surface area contributed by atoms with E-state index in [4.69, 9.17) is 22.1 Å². The van der Waals surface area contributed by atoms with Crippen molar-refractivity contribution in [3.63, 3.8) is 0 Å². The third kappa shape index (κ3) is 5.42. The molecule has 0 fully saturated rings. The number of Topliss-reactive ketones (excluding diaryl/α,β-unsaturated/α-hetero) is 1. The summed E-state index contributed by atoms with van der Waals surface area (Å²) in [5.41, 5.74) is 5.97. The van der Waals surface area contributed by atoms with Crippen LogP contribution in [0, 0.1) is 5.82 Å². The summed E-state index contributed by atoms with van der Waals surface area (Å²) in [6.45, 7) is 3.93. The quantitative estimate of drug-likeness (QED) is 0.219. The van der Waals surface area contributed by atoms with Crippen LogP contribution in [0.2, 0.25) is 5.02 Å². The highest BCUT2D eigenvalue weighted by Gasteiger charge is 2.19.